The van der Waals surface area contributed by atoms with Crippen molar-refractivity contribution in [2.45, 2.75) is 70.1 Å². The summed E-state index contributed by atoms with van der Waals surface area (Å²) in [6.45, 7) is 6.60. The van der Waals surface area contributed by atoms with Gasteiger partial charge in [0.25, 0.3) is 0 Å². The van der Waals surface area contributed by atoms with Gasteiger partial charge in [0.2, 0.25) is 0 Å². The minimum absolute atomic E-state index is 0. The van der Waals surface area contributed by atoms with E-state index in [9.17, 15) is 0 Å². The normalized spacial score (nSPS) is 13.3. The van der Waals surface area contributed by atoms with E-state index in [1.54, 1.807) is 0 Å². The molecular weight excluding hydrogens is 343 g/mol. The quantitative estimate of drug-likeness (QED) is 0.273. The van der Waals surface area contributed by atoms with Gasteiger partial charge < -0.3 is 9.47 Å². The molecule has 0 aromatic heterocycles. The zero-order chi connectivity index (χ0) is 16.8. The van der Waals surface area contributed by atoms with Crippen LogP contribution in [-0.2, 0) is 9.47 Å². The SMILES string of the molecule is CCCCCC(CCC)OCCOCCC(S)c1ccccc1.[KH]. The number of thiol groups is 1. The summed E-state index contributed by atoms with van der Waals surface area (Å²) in [7, 11) is 0. The molecule has 0 aliphatic heterocycles. The van der Waals surface area contributed by atoms with Gasteiger partial charge in [0.05, 0.1) is 19.3 Å². The zero-order valence-corrected chi connectivity index (χ0v) is 15.8. The fourth-order valence-electron chi connectivity index (χ4n) is 2.67. The Labute approximate surface area is 197 Å². The minimum atomic E-state index is 0. The Balaban J connectivity index is 0.00000529. The molecule has 0 aliphatic carbocycles. The van der Waals surface area contributed by atoms with Crippen molar-refractivity contribution in [3.63, 3.8) is 0 Å². The Hall–Kier alpha value is 1.13. The van der Waals surface area contributed by atoms with Gasteiger partial charge in [-0.25, -0.2) is 0 Å². The second-order valence-electron chi connectivity index (χ2n) is 6.10. The molecule has 0 saturated heterocycles. The Morgan fingerprint density at radius 1 is 0.875 bits per heavy atom. The van der Waals surface area contributed by atoms with Crippen molar-refractivity contribution in [2.24, 2.45) is 0 Å². The van der Waals surface area contributed by atoms with Crippen molar-refractivity contribution in [3.05, 3.63) is 35.9 Å². The van der Waals surface area contributed by atoms with E-state index in [2.05, 4.69) is 50.7 Å². The van der Waals surface area contributed by atoms with Crippen LogP contribution in [-0.4, -0.2) is 77.3 Å². The van der Waals surface area contributed by atoms with Gasteiger partial charge in [-0.15, -0.1) is 0 Å². The molecular formula is C20H35KO2S. The van der Waals surface area contributed by atoms with Crippen LogP contribution in [0, 0.1) is 0 Å². The first-order valence-corrected chi connectivity index (χ1v) is 9.71. The third-order valence-electron chi connectivity index (χ3n) is 4.04. The second kappa shape index (κ2) is 17.5. The number of rotatable bonds is 14. The van der Waals surface area contributed by atoms with E-state index in [1.165, 1.54) is 37.7 Å². The number of benzene rings is 1. The molecule has 1 rings (SSSR count). The molecule has 2 atom stereocenters. The van der Waals surface area contributed by atoms with Crippen molar-refractivity contribution in [1.82, 2.24) is 0 Å². The summed E-state index contributed by atoms with van der Waals surface area (Å²) in [5.41, 5.74) is 1.26. The molecule has 24 heavy (non-hydrogen) atoms. The molecule has 0 heterocycles. The van der Waals surface area contributed by atoms with E-state index in [4.69, 9.17) is 9.47 Å². The molecule has 2 nitrogen and oxygen atoms in total. The molecule has 0 aliphatic rings. The van der Waals surface area contributed by atoms with E-state index in [-0.39, 0.29) is 56.6 Å². The van der Waals surface area contributed by atoms with E-state index in [0.717, 1.165) is 19.4 Å². The molecule has 1 aromatic rings. The summed E-state index contributed by atoms with van der Waals surface area (Å²) in [6.07, 6.45) is 8.75. The van der Waals surface area contributed by atoms with Crippen molar-refractivity contribution in [1.29, 1.82) is 0 Å². The second-order valence-corrected chi connectivity index (χ2v) is 6.73. The van der Waals surface area contributed by atoms with Gasteiger partial charge in [-0.1, -0.05) is 69.9 Å². The van der Waals surface area contributed by atoms with Crippen LogP contribution in [0.2, 0.25) is 0 Å². The molecule has 0 amide bonds. The van der Waals surface area contributed by atoms with Crippen LogP contribution in [0.5, 0.6) is 0 Å². The van der Waals surface area contributed by atoms with Gasteiger partial charge >= 0.3 is 51.4 Å². The summed E-state index contributed by atoms with van der Waals surface area (Å²) >= 11 is 4.64. The van der Waals surface area contributed by atoms with Crippen LogP contribution >= 0.6 is 12.6 Å². The molecule has 134 valence electrons. The van der Waals surface area contributed by atoms with Crippen molar-refractivity contribution in [3.8, 4) is 0 Å². The van der Waals surface area contributed by atoms with Gasteiger partial charge in [-0.2, -0.15) is 12.6 Å². The van der Waals surface area contributed by atoms with E-state index in [1.807, 2.05) is 6.07 Å². The summed E-state index contributed by atoms with van der Waals surface area (Å²) in [5, 5.41) is 0.249. The molecule has 1 aromatic carbocycles. The molecule has 0 spiro atoms. The molecule has 4 heteroatoms. The molecule has 0 N–H and O–H groups in total. The van der Waals surface area contributed by atoms with E-state index in [0.29, 0.717) is 19.3 Å². The monoisotopic (exact) mass is 378 g/mol. The fourth-order valence-corrected chi connectivity index (χ4v) is 2.95. The van der Waals surface area contributed by atoms with E-state index >= 15 is 0 Å². The number of ether oxygens (including phenoxy) is 2. The third-order valence-corrected chi connectivity index (χ3v) is 4.60. The molecule has 0 saturated carbocycles. The van der Waals surface area contributed by atoms with Gasteiger partial charge in [0.15, 0.2) is 0 Å². The molecule has 0 radical (unpaired) electrons. The first kappa shape index (κ1) is 25.1. The first-order chi connectivity index (χ1) is 11.3. The van der Waals surface area contributed by atoms with Gasteiger partial charge in [0, 0.05) is 11.9 Å². The van der Waals surface area contributed by atoms with Crippen LogP contribution < -0.4 is 0 Å². The number of hydrogen-bond acceptors (Lipinski definition) is 3. The molecule has 0 fully saturated rings. The topological polar surface area (TPSA) is 18.5 Å². The zero-order valence-electron chi connectivity index (χ0n) is 14.9. The Bertz CT molecular complexity index is 375. The van der Waals surface area contributed by atoms with Gasteiger partial charge in [0.1, 0.15) is 0 Å². The molecule has 2 unspecified atom stereocenters. The number of unbranched alkanes of at least 4 members (excludes halogenated alkanes) is 2. The van der Waals surface area contributed by atoms with Crippen LogP contribution in [0.3, 0.4) is 0 Å². The van der Waals surface area contributed by atoms with Gasteiger partial charge in [-0.3, -0.25) is 0 Å². The summed E-state index contributed by atoms with van der Waals surface area (Å²) in [4.78, 5) is 0. The van der Waals surface area contributed by atoms with Crippen molar-refractivity contribution in [2.75, 3.05) is 19.8 Å². The standard InChI is InChI=1S/C20H34O2S.K.H/c1-3-5-7-13-19(10-4-2)22-17-16-21-15-14-20(23)18-11-8-6-9-12-18;;/h6,8-9,11-12,19-20,23H,3-5,7,10,13-17H2,1-2H3;;. The number of hydrogen-bond donors (Lipinski definition) is 1. The van der Waals surface area contributed by atoms with Crippen LogP contribution in [0.1, 0.15) is 69.6 Å². The predicted octanol–water partition coefficient (Wildman–Crippen LogP) is 5.18. The van der Waals surface area contributed by atoms with Crippen molar-refractivity contribution < 1.29 is 9.47 Å². The Morgan fingerprint density at radius 2 is 1.62 bits per heavy atom. The first-order valence-electron chi connectivity index (χ1n) is 9.20. The molecule has 0 bridgehead atoms. The van der Waals surface area contributed by atoms with E-state index < -0.39 is 0 Å². The average Bonchev–Trinajstić information content (AvgIpc) is 2.58. The predicted molar refractivity (Wildman–Crippen MR) is 110 cm³/mol. The summed E-state index contributed by atoms with van der Waals surface area (Å²) in [5.74, 6) is 0. The summed E-state index contributed by atoms with van der Waals surface area (Å²) in [6, 6.07) is 10.4. The summed E-state index contributed by atoms with van der Waals surface area (Å²) < 4.78 is 11.7. The van der Waals surface area contributed by atoms with Crippen molar-refractivity contribution >= 4 is 64.0 Å². The maximum absolute atomic E-state index is 5.98. The maximum atomic E-state index is 5.98. The third kappa shape index (κ3) is 12.5. The Morgan fingerprint density at radius 3 is 2.29 bits per heavy atom. The average molecular weight is 379 g/mol. The fraction of sp³-hybridized carbons (Fsp3) is 0.700. The van der Waals surface area contributed by atoms with Crippen LogP contribution in [0.4, 0.5) is 0 Å². The Kier molecular flexibility index (Phi) is 18.4. The van der Waals surface area contributed by atoms with Crippen LogP contribution in [0.25, 0.3) is 0 Å². The van der Waals surface area contributed by atoms with Crippen LogP contribution in [0.15, 0.2) is 30.3 Å². The van der Waals surface area contributed by atoms with Gasteiger partial charge in [-0.05, 0) is 24.8 Å².